The normalized spacial score (nSPS) is 19.6. The number of ether oxygens (including phenoxy) is 2. The van der Waals surface area contributed by atoms with Crippen LogP contribution >= 0.6 is 0 Å². The third kappa shape index (κ3) is 12.3. The SMILES string of the molecule is CCCCCC(C)(C)CCOC(=O)C1CCC(C(=O)OCCC(C)(C)CCCCC)CC1. The predicted molar refractivity (Wildman–Crippen MR) is 132 cm³/mol. The first kappa shape index (κ1) is 29.0. The third-order valence-electron chi connectivity index (χ3n) is 7.35. The van der Waals surface area contributed by atoms with Crippen LogP contribution in [0.4, 0.5) is 0 Å². The highest BCUT2D eigenvalue weighted by Gasteiger charge is 2.32. The first-order valence-electron chi connectivity index (χ1n) is 13.4. The summed E-state index contributed by atoms with van der Waals surface area (Å²) in [6.07, 6.45) is 14.6. The Bertz CT molecular complexity index is 482. The average Bonchev–Trinajstić information content (AvgIpc) is 2.73. The van der Waals surface area contributed by atoms with Crippen molar-refractivity contribution in [2.45, 2.75) is 131 Å². The average molecular weight is 453 g/mol. The van der Waals surface area contributed by atoms with Crippen LogP contribution in [0.5, 0.6) is 0 Å². The van der Waals surface area contributed by atoms with E-state index in [-0.39, 0.29) is 34.6 Å². The monoisotopic (exact) mass is 452 g/mol. The van der Waals surface area contributed by atoms with Crippen LogP contribution in [-0.2, 0) is 19.1 Å². The number of unbranched alkanes of at least 4 members (excludes halogenated alkanes) is 4. The number of esters is 2. The zero-order valence-electron chi connectivity index (χ0n) is 22.1. The van der Waals surface area contributed by atoms with Gasteiger partial charge in [-0.25, -0.2) is 0 Å². The lowest BCUT2D eigenvalue weighted by Crippen LogP contribution is -2.29. The summed E-state index contributed by atoms with van der Waals surface area (Å²) in [7, 11) is 0. The Balaban J connectivity index is 2.23. The molecule has 0 spiro atoms. The van der Waals surface area contributed by atoms with Crippen molar-refractivity contribution in [3.8, 4) is 0 Å². The Hall–Kier alpha value is -1.06. The van der Waals surface area contributed by atoms with E-state index in [1.807, 2.05) is 0 Å². The Kier molecular flexibility index (Phi) is 13.5. The first-order chi connectivity index (χ1) is 15.1. The molecule has 1 aliphatic carbocycles. The number of rotatable bonds is 16. The Labute approximate surface area is 198 Å². The van der Waals surface area contributed by atoms with Gasteiger partial charge in [-0.3, -0.25) is 9.59 Å². The van der Waals surface area contributed by atoms with Gasteiger partial charge >= 0.3 is 11.9 Å². The second kappa shape index (κ2) is 15.0. The largest absolute Gasteiger partial charge is 0.465 e. The maximum Gasteiger partial charge on any atom is 0.308 e. The molecular weight excluding hydrogens is 400 g/mol. The van der Waals surface area contributed by atoms with Gasteiger partial charge in [0.05, 0.1) is 25.0 Å². The number of hydrogen-bond acceptors (Lipinski definition) is 4. The van der Waals surface area contributed by atoms with Gasteiger partial charge in [-0.05, 0) is 62.2 Å². The van der Waals surface area contributed by atoms with Crippen molar-refractivity contribution < 1.29 is 19.1 Å². The van der Waals surface area contributed by atoms with Crippen LogP contribution < -0.4 is 0 Å². The van der Waals surface area contributed by atoms with E-state index in [2.05, 4.69) is 41.5 Å². The summed E-state index contributed by atoms with van der Waals surface area (Å²) >= 11 is 0. The third-order valence-corrected chi connectivity index (χ3v) is 7.35. The summed E-state index contributed by atoms with van der Waals surface area (Å²) in [5.41, 5.74) is 0.447. The minimum absolute atomic E-state index is 0.0558. The molecule has 1 aliphatic rings. The quantitative estimate of drug-likeness (QED) is 0.176. The van der Waals surface area contributed by atoms with Gasteiger partial charge in [0.25, 0.3) is 0 Å². The minimum Gasteiger partial charge on any atom is -0.465 e. The molecule has 0 aromatic rings. The smallest absolute Gasteiger partial charge is 0.308 e. The highest BCUT2D eigenvalue weighted by Crippen LogP contribution is 2.32. The molecule has 0 bridgehead atoms. The fourth-order valence-corrected chi connectivity index (χ4v) is 4.61. The van der Waals surface area contributed by atoms with E-state index < -0.39 is 0 Å². The zero-order valence-corrected chi connectivity index (χ0v) is 22.1. The van der Waals surface area contributed by atoms with Crippen LogP contribution in [0, 0.1) is 22.7 Å². The van der Waals surface area contributed by atoms with Crippen molar-refractivity contribution in [3.05, 3.63) is 0 Å². The van der Waals surface area contributed by atoms with E-state index in [1.54, 1.807) is 0 Å². The Morgan fingerprint density at radius 3 is 1.28 bits per heavy atom. The molecule has 0 N–H and O–H groups in total. The fraction of sp³-hybridized carbons (Fsp3) is 0.929. The molecule has 1 saturated carbocycles. The standard InChI is InChI=1S/C28H52O4/c1-7-9-11-17-27(3,4)19-21-31-25(29)23-13-15-24(16-14-23)26(30)32-22-20-28(5,6)18-12-10-8-2/h23-24H,7-22H2,1-6H3. The summed E-state index contributed by atoms with van der Waals surface area (Å²) in [6.45, 7) is 14.5. The highest BCUT2D eigenvalue weighted by atomic mass is 16.5. The second-order valence-corrected chi connectivity index (χ2v) is 11.6. The van der Waals surface area contributed by atoms with E-state index in [0.29, 0.717) is 13.2 Å². The van der Waals surface area contributed by atoms with Crippen molar-refractivity contribution in [2.24, 2.45) is 22.7 Å². The molecule has 0 heterocycles. The lowest BCUT2D eigenvalue weighted by Gasteiger charge is -2.28. The van der Waals surface area contributed by atoms with Crippen LogP contribution in [0.1, 0.15) is 131 Å². The van der Waals surface area contributed by atoms with Gasteiger partial charge < -0.3 is 9.47 Å². The predicted octanol–water partition coefficient (Wildman–Crippen LogP) is 7.87. The van der Waals surface area contributed by atoms with Crippen molar-refractivity contribution in [2.75, 3.05) is 13.2 Å². The lowest BCUT2D eigenvalue weighted by molar-refractivity contribution is -0.156. The van der Waals surface area contributed by atoms with E-state index >= 15 is 0 Å². The number of hydrogen-bond donors (Lipinski definition) is 0. The summed E-state index contributed by atoms with van der Waals surface area (Å²) in [4.78, 5) is 24.9. The topological polar surface area (TPSA) is 52.6 Å². The summed E-state index contributed by atoms with van der Waals surface area (Å²) in [5, 5.41) is 0. The maximum atomic E-state index is 12.5. The van der Waals surface area contributed by atoms with Gasteiger partial charge in [-0.15, -0.1) is 0 Å². The molecule has 0 saturated heterocycles. The molecule has 0 atom stereocenters. The maximum absolute atomic E-state index is 12.5. The molecule has 0 radical (unpaired) electrons. The molecule has 1 rings (SSSR count). The summed E-state index contributed by atoms with van der Waals surface area (Å²) < 4.78 is 11.2. The molecule has 0 unspecified atom stereocenters. The van der Waals surface area contributed by atoms with Crippen LogP contribution in [0.25, 0.3) is 0 Å². The first-order valence-corrected chi connectivity index (χ1v) is 13.4. The van der Waals surface area contributed by atoms with Gasteiger partial charge in [0.1, 0.15) is 0 Å². The Morgan fingerprint density at radius 1 is 0.625 bits per heavy atom. The second-order valence-electron chi connectivity index (χ2n) is 11.6. The van der Waals surface area contributed by atoms with Crippen LogP contribution in [0.15, 0.2) is 0 Å². The van der Waals surface area contributed by atoms with Gasteiger partial charge in [-0.2, -0.15) is 0 Å². The van der Waals surface area contributed by atoms with Crippen molar-refractivity contribution in [3.63, 3.8) is 0 Å². The molecule has 0 aliphatic heterocycles. The van der Waals surface area contributed by atoms with Gasteiger partial charge in [0.2, 0.25) is 0 Å². The zero-order chi connectivity index (χ0) is 24.0. The van der Waals surface area contributed by atoms with Crippen LogP contribution in [0.2, 0.25) is 0 Å². The fourth-order valence-electron chi connectivity index (χ4n) is 4.61. The molecular formula is C28H52O4. The molecule has 0 amide bonds. The molecule has 32 heavy (non-hydrogen) atoms. The van der Waals surface area contributed by atoms with E-state index in [0.717, 1.165) is 38.5 Å². The molecule has 4 heteroatoms. The van der Waals surface area contributed by atoms with Crippen molar-refractivity contribution >= 4 is 11.9 Å². The van der Waals surface area contributed by atoms with Crippen molar-refractivity contribution in [1.82, 2.24) is 0 Å². The molecule has 0 aromatic heterocycles. The van der Waals surface area contributed by atoms with Gasteiger partial charge in [0.15, 0.2) is 0 Å². The number of carbonyl (C=O) groups excluding carboxylic acids is 2. The number of carbonyl (C=O) groups is 2. The van der Waals surface area contributed by atoms with E-state index in [4.69, 9.17) is 9.47 Å². The van der Waals surface area contributed by atoms with E-state index in [9.17, 15) is 9.59 Å². The van der Waals surface area contributed by atoms with Crippen LogP contribution in [-0.4, -0.2) is 25.2 Å². The molecule has 188 valence electrons. The molecule has 4 nitrogen and oxygen atoms in total. The highest BCUT2D eigenvalue weighted by molar-refractivity contribution is 5.75. The van der Waals surface area contributed by atoms with E-state index in [1.165, 1.54) is 51.4 Å². The molecule has 0 aromatic carbocycles. The lowest BCUT2D eigenvalue weighted by atomic mass is 9.82. The Morgan fingerprint density at radius 2 is 0.969 bits per heavy atom. The van der Waals surface area contributed by atoms with Crippen molar-refractivity contribution in [1.29, 1.82) is 0 Å². The van der Waals surface area contributed by atoms with Gasteiger partial charge in [-0.1, -0.05) is 80.1 Å². The summed E-state index contributed by atoms with van der Waals surface area (Å²) in [5.74, 6) is -0.260. The summed E-state index contributed by atoms with van der Waals surface area (Å²) in [6, 6.07) is 0. The molecule has 1 fully saturated rings. The van der Waals surface area contributed by atoms with Crippen LogP contribution in [0.3, 0.4) is 0 Å². The minimum atomic E-state index is -0.0741. The van der Waals surface area contributed by atoms with Gasteiger partial charge in [0, 0.05) is 0 Å².